The van der Waals surface area contributed by atoms with E-state index in [2.05, 4.69) is 34.1 Å². The highest BCUT2D eigenvalue weighted by atomic mass is 32.1. The number of aliphatic hydroxyl groups excluding tert-OH is 1. The molecule has 3 nitrogen and oxygen atoms in total. The van der Waals surface area contributed by atoms with Gasteiger partial charge in [-0.05, 0) is 24.0 Å². The first-order chi connectivity index (χ1) is 8.86. The lowest BCUT2D eigenvalue weighted by molar-refractivity contribution is 0.277. The van der Waals surface area contributed by atoms with Crippen LogP contribution in [-0.4, -0.2) is 23.2 Å². The molecule has 1 N–H and O–H groups in total. The van der Waals surface area contributed by atoms with Crippen molar-refractivity contribution in [2.24, 2.45) is 0 Å². The molecule has 0 saturated carbocycles. The molecule has 1 aliphatic rings. The molecule has 2 aromatic rings. The zero-order valence-electron chi connectivity index (χ0n) is 10.2. The minimum atomic E-state index is 0.0323. The van der Waals surface area contributed by atoms with Crippen LogP contribution < -0.4 is 4.90 Å². The van der Waals surface area contributed by atoms with E-state index in [1.165, 1.54) is 11.1 Å². The highest BCUT2D eigenvalue weighted by molar-refractivity contribution is 7.13. The molecular weight excluding hydrogens is 244 g/mol. The van der Waals surface area contributed by atoms with E-state index in [0.29, 0.717) is 0 Å². The molecule has 18 heavy (non-hydrogen) atoms. The Morgan fingerprint density at radius 2 is 1.83 bits per heavy atom. The van der Waals surface area contributed by atoms with Crippen molar-refractivity contribution in [3.63, 3.8) is 0 Å². The fraction of sp³-hybridized carbons (Fsp3) is 0.357. The second-order valence-electron chi connectivity index (χ2n) is 4.54. The summed E-state index contributed by atoms with van der Waals surface area (Å²) in [5, 5.41) is 12.0. The first-order valence-electron chi connectivity index (χ1n) is 6.24. The van der Waals surface area contributed by atoms with E-state index >= 15 is 0 Å². The maximum atomic E-state index is 9.07. The fourth-order valence-corrected chi connectivity index (χ4v) is 3.24. The summed E-state index contributed by atoms with van der Waals surface area (Å²) in [5.74, 6) is 0. The van der Waals surface area contributed by atoms with E-state index in [1.54, 1.807) is 11.3 Å². The summed E-state index contributed by atoms with van der Waals surface area (Å²) in [7, 11) is 0. The van der Waals surface area contributed by atoms with Crippen molar-refractivity contribution in [1.29, 1.82) is 0 Å². The molecule has 0 spiro atoms. The van der Waals surface area contributed by atoms with Crippen molar-refractivity contribution in [2.75, 3.05) is 18.0 Å². The lowest BCUT2D eigenvalue weighted by Crippen LogP contribution is -2.25. The van der Waals surface area contributed by atoms with Crippen molar-refractivity contribution in [3.8, 4) is 0 Å². The van der Waals surface area contributed by atoms with Crippen molar-refractivity contribution in [1.82, 2.24) is 4.98 Å². The average Bonchev–Trinajstić information content (AvgIpc) is 2.79. The summed E-state index contributed by atoms with van der Waals surface area (Å²) in [6.07, 6.45) is 2.15. The Morgan fingerprint density at radius 1 is 1.17 bits per heavy atom. The summed E-state index contributed by atoms with van der Waals surface area (Å²) in [6.45, 7) is 2.05. The third-order valence-electron chi connectivity index (χ3n) is 3.39. The van der Waals surface area contributed by atoms with E-state index in [1.807, 2.05) is 5.38 Å². The summed E-state index contributed by atoms with van der Waals surface area (Å²) < 4.78 is 0. The highest BCUT2D eigenvalue weighted by Crippen LogP contribution is 2.24. The molecule has 0 atom stereocenters. The van der Waals surface area contributed by atoms with Crippen molar-refractivity contribution < 1.29 is 5.11 Å². The molecule has 1 aromatic carbocycles. The number of aliphatic hydroxyl groups is 1. The Balaban J connectivity index is 1.78. The predicted octanol–water partition coefficient (Wildman–Crippen LogP) is 2.24. The molecule has 3 rings (SSSR count). The van der Waals surface area contributed by atoms with Crippen molar-refractivity contribution in [3.05, 3.63) is 46.5 Å². The molecule has 0 unspecified atom stereocenters. The lowest BCUT2D eigenvalue weighted by atomic mass is 10.0. The number of nitrogens with zero attached hydrogens (tertiary/aromatic N) is 2. The molecule has 0 amide bonds. The Bertz CT molecular complexity index is 511. The van der Waals surface area contributed by atoms with Crippen LogP contribution in [0, 0.1) is 0 Å². The second kappa shape index (κ2) is 5.08. The van der Waals surface area contributed by atoms with Gasteiger partial charge in [0.25, 0.3) is 0 Å². The van der Waals surface area contributed by atoms with Crippen LogP contribution in [0.4, 0.5) is 5.13 Å². The van der Waals surface area contributed by atoms with Gasteiger partial charge in [-0.15, -0.1) is 11.3 Å². The number of fused-ring (bicyclic) bond motifs is 1. The van der Waals surface area contributed by atoms with Crippen molar-refractivity contribution in [2.45, 2.75) is 19.4 Å². The van der Waals surface area contributed by atoms with Gasteiger partial charge in [-0.3, -0.25) is 0 Å². The van der Waals surface area contributed by atoms with E-state index < -0.39 is 0 Å². The van der Waals surface area contributed by atoms with Gasteiger partial charge in [-0.2, -0.15) is 0 Å². The molecule has 0 saturated heterocycles. The number of hydrogen-bond acceptors (Lipinski definition) is 4. The molecule has 1 aliphatic heterocycles. The topological polar surface area (TPSA) is 36.4 Å². The second-order valence-corrected chi connectivity index (χ2v) is 5.37. The van der Waals surface area contributed by atoms with E-state index in [9.17, 15) is 0 Å². The van der Waals surface area contributed by atoms with Crippen LogP contribution in [0.2, 0.25) is 0 Å². The zero-order chi connectivity index (χ0) is 12.4. The van der Waals surface area contributed by atoms with Gasteiger partial charge in [0.2, 0.25) is 0 Å². The van der Waals surface area contributed by atoms with Crippen LogP contribution in [0.15, 0.2) is 29.6 Å². The molecule has 1 aromatic heterocycles. The number of rotatable bonds is 2. The van der Waals surface area contributed by atoms with Gasteiger partial charge in [0.05, 0.1) is 12.3 Å². The van der Waals surface area contributed by atoms with E-state index in [0.717, 1.165) is 36.8 Å². The largest absolute Gasteiger partial charge is 0.390 e. The van der Waals surface area contributed by atoms with Gasteiger partial charge < -0.3 is 10.0 Å². The monoisotopic (exact) mass is 260 g/mol. The summed E-state index contributed by atoms with van der Waals surface area (Å²) in [4.78, 5) is 6.77. The van der Waals surface area contributed by atoms with Gasteiger partial charge in [-0.25, -0.2) is 4.98 Å². The van der Waals surface area contributed by atoms with Crippen LogP contribution in [0.5, 0.6) is 0 Å². The third-order valence-corrected chi connectivity index (χ3v) is 4.34. The minimum Gasteiger partial charge on any atom is -0.390 e. The number of aromatic nitrogens is 1. The molecule has 2 heterocycles. The van der Waals surface area contributed by atoms with Crippen LogP contribution >= 0.6 is 11.3 Å². The maximum Gasteiger partial charge on any atom is 0.185 e. The Morgan fingerprint density at radius 3 is 2.39 bits per heavy atom. The lowest BCUT2D eigenvalue weighted by Gasteiger charge is -2.18. The highest BCUT2D eigenvalue weighted by Gasteiger charge is 2.16. The molecular formula is C14H16N2OS. The number of hydrogen-bond donors (Lipinski definition) is 1. The SMILES string of the molecule is OCc1csc(N2CCc3ccccc3CC2)n1. The Hall–Kier alpha value is -1.39. The normalized spacial score (nSPS) is 15.3. The van der Waals surface area contributed by atoms with Crippen LogP contribution in [0.1, 0.15) is 16.8 Å². The maximum absolute atomic E-state index is 9.07. The molecule has 0 fully saturated rings. The van der Waals surface area contributed by atoms with Gasteiger partial charge in [-0.1, -0.05) is 24.3 Å². The Kier molecular flexibility index (Phi) is 3.30. The Labute approximate surface area is 111 Å². The standard InChI is InChI=1S/C14H16N2OS/c17-9-13-10-18-14(15-13)16-7-5-11-3-1-2-4-12(11)6-8-16/h1-4,10,17H,5-9H2. The van der Waals surface area contributed by atoms with E-state index in [-0.39, 0.29) is 6.61 Å². The molecule has 0 aliphatic carbocycles. The first kappa shape index (κ1) is 11.7. The third kappa shape index (κ3) is 2.26. The van der Waals surface area contributed by atoms with Gasteiger partial charge >= 0.3 is 0 Å². The predicted molar refractivity (Wildman–Crippen MR) is 74.1 cm³/mol. The smallest absolute Gasteiger partial charge is 0.185 e. The molecule has 0 bridgehead atoms. The van der Waals surface area contributed by atoms with Crippen LogP contribution in [0.25, 0.3) is 0 Å². The number of anilines is 1. The first-order valence-corrected chi connectivity index (χ1v) is 7.12. The molecule has 4 heteroatoms. The number of benzene rings is 1. The van der Waals surface area contributed by atoms with E-state index in [4.69, 9.17) is 5.11 Å². The van der Waals surface area contributed by atoms with Crippen molar-refractivity contribution >= 4 is 16.5 Å². The van der Waals surface area contributed by atoms with Gasteiger partial charge in [0.1, 0.15) is 0 Å². The molecule has 94 valence electrons. The van der Waals surface area contributed by atoms with Gasteiger partial charge in [0.15, 0.2) is 5.13 Å². The van der Waals surface area contributed by atoms with Gasteiger partial charge in [0, 0.05) is 18.5 Å². The van der Waals surface area contributed by atoms with Crippen LogP contribution in [0.3, 0.4) is 0 Å². The van der Waals surface area contributed by atoms with Crippen LogP contribution in [-0.2, 0) is 19.4 Å². The number of thiazole rings is 1. The summed E-state index contributed by atoms with van der Waals surface area (Å²) >= 11 is 1.62. The summed E-state index contributed by atoms with van der Waals surface area (Å²) in [6, 6.07) is 8.67. The molecule has 0 radical (unpaired) electrons. The summed E-state index contributed by atoms with van der Waals surface area (Å²) in [5.41, 5.74) is 3.69. The minimum absolute atomic E-state index is 0.0323. The average molecular weight is 260 g/mol. The zero-order valence-corrected chi connectivity index (χ0v) is 11.0. The quantitative estimate of drug-likeness (QED) is 0.899. The fourth-order valence-electron chi connectivity index (χ4n) is 2.37.